The molecule has 0 saturated carbocycles. The number of nitrogens with zero attached hydrogens (tertiary/aromatic N) is 3. The van der Waals surface area contributed by atoms with Crippen molar-refractivity contribution in [2.75, 3.05) is 13.2 Å². The number of likely N-dealkylation sites (tertiary alicyclic amines) is 1. The van der Waals surface area contributed by atoms with E-state index in [9.17, 15) is 4.79 Å². The van der Waals surface area contributed by atoms with Crippen molar-refractivity contribution in [3.05, 3.63) is 48.4 Å². The van der Waals surface area contributed by atoms with Crippen molar-refractivity contribution >= 4 is 33.3 Å². The molecule has 2 heterocycles. The summed E-state index contributed by atoms with van der Waals surface area (Å²) in [6.07, 6.45) is 3.41. The van der Waals surface area contributed by atoms with Crippen LogP contribution in [0.25, 0.3) is 22.0 Å². The van der Waals surface area contributed by atoms with E-state index < -0.39 is 22.0 Å². The minimum Gasteiger partial charge on any atom is -0.543 e. The molecule has 43 heavy (non-hydrogen) atoms. The molecule has 1 aliphatic rings. The van der Waals surface area contributed by atoms with Gasteiger partial charge in [-0.2, -0.15) is 0 Å². The first kappa shape index (κ1) is 33.3. The number of fused-ring (bicyclic) bond motifs is 1. The second-order valence-corrected chi connectivity index (χ2v) is 26.0. The average Bonchev–Trinajstić information content (AvgIpc) is 3.51. The molecule has 0 bridgehead atoms. The molecule has 0 aliphatic carbocycles. The number of benzene rings is 2. The smallest absolute Gasteiger partial charge is 0.410 e. The molecule has 4 rings (SSSR count). The number of amides is 1. The lowest BCUT2D eigenvalue weighted by Crippen LogP contribution is -2.43. The molecule has 1 atom stereocenters. The lowest BCUT2D eigenvalue weighted by molar-refractivity contribution is 0.0204. The van der Waals surface area contributed by atoms with Crippen LogP contribution in [0.1, 0.15) is 66.3 Å². The van der Waals surface area contributed by atoms with Crippen LogP contribution < -0.4 is 4.43 Å². The van der Waals surface area contributed by atoms with E-state index in [0.717, 1.165) is 52.5 Å². The van der Waals surface area contributed by atoms with Crippen molar-refractivity contribution in [3.63, 3.8) is 0 Å². The van der Waals surface area contributed by atoms with Crippen LogP contribution in [0.4, 0.5) is 4.79 Å². The van der Waals surface area contributed by atoms with Gasteiger partial charge in [-0.05, 0) is 86.8 Å². The summed E-state index contributed by atoms with van der Waals surface area (Å²) in [5, 5.41) is 2.42. The quantitative estimate of drug-likeness (QED) is 0.175. The standard InChI is InChI=1S/C34H53N3O4Si2/c1-33(2,3)40-32(38)36-18-12-13-29(36)31-35-23-30(37(31)24-39-19-20-42(7,8)9)27-15-14-26-22-28(17-16-25(26)21-27)41-43(10,11)34(4,5)6/h14-17,21-23,29H,12-13,18-20,24H2,1-11H3/t29-/m0/s1. The fourth-order valence-corrected chi connectivity index (χ4v) is 6.80. The van der Waals surface area contributed by atoms with E-state index in [4.69, 9.17) is 18.9 Å². The van der Waals surface area contributed by atoms with Gasteiger partial charge >= 0.3 is 6.09 Å². The number of imidazole rings is 1. The third-order valence-corrected chi connectivity index (χ3v) is 14.6. The van der Waals surface area contributed by atoms with E-state index in [1.807, 2.05) is 31.9 Å². The summed E-state index contributed by atoms with van der Waals surface area (Å²) in [5.41, 5.74) is 1.51. The highest BCUT2D eigenvalue weighted by atomic mass is 28.4. The third kappa shape index (κ3) is 8.31. The van der Waals surface area contributed by atoms with Gasteiger partial charge in [0.05, 0.1) is 17.9 Å². The molecule has 0 N–H and O–H groups in total. The summed E-state index contributed by atoms with van der Waals surface area (Å²) in [5.74, 6) is 1.78. The molecule has 1 aliphatic heterocycles. The van der Waals surface area contributed by atoms with Crippen LogP contribution in [0.5, 0.6) is 5.75 Å². The van der Waals surface area contributed by atoms with Gasteiger partial charge in [0.1, 0.15) is 23.9 Å². The zero-order valence-electron chi connectivity index (χ0n) is 28.3. The summed E-state index contributed by atoms with van der Waals surface area (Å²) >= 11 is 0. The van der Waals surface area contributed by atoms with Crippen molar-refractivity contribution in [3.8, 4) is 17.0 Å². The number of ether oxygens (including phenoxy) is 2. The van der Waals surface area contributed by atoms with Crippen LogP contribution in [0.15, 0.2) is 42.6 Å². The molecular formula is C34H53N3O4Si2. The van der Waals surface area contributed by atoms with Gasteiger partial charge in [-0.3, -0.25) is 4.90 Å². The summed E-state index contributed by atoms with van der Waals surface area (Å²) in [4.78, 5) is 19.9. The lowest BCUT2D eigenvalue weighted by Gasteiger charge is -2.36. The first-order chi connectivity index (χ1) is 19.8. The average molecular weight is 624 g/mol. The first-order valence-corrected chi connectivity index (χ1v) is 22.3. The summed E-state index contributed by atoms with van der Waals surface area (Å²) < 4.78 is 20.8. The van der Waals surface area contributed by atoms with Crippen LogP contribution in [-0.2, 0) is 16.2 Å². The van der Waals surface area contributed by atoms with Crippen LogP contribution in [-0.4, -0.2) is 55.7 Å². The lowest BCUT2D eigenvalue weighted by atomic mass is 10.0. The molecule has 1 fully saturated rings. The minimum absolute atomic E-state index is 0.136. The van der Waals surface area contributed by atoms with Gasteiger partial charge in [0.25, 0.3) is 0 Å². The highest BCUT2D eigenvalue weighted by molar-refractivity contribution is 6.76. The molecule has 3 aromatic rings. The van der Waals surface area contributed by atoms with Crippen molar-refractivity contribution in [2.45, 2.75) is 117 Å². The van der Waals surface area contributed by atoms with E-state index in [1.54, 1.807) is 0 Å². The number of hydrogen-bond donors (Lipinski definition) is 0. The van der Waals surface area contributed by atoms with Crippen molar-refractivity contribution < 1.29 is 18.7 Å². The van der Waals surface area contributed by atoms with E-state index in [-0.39, 0.29) is 17.2 Å². The van der Waals surface area contributed by atoms with Crippen molar-refractivity contribution in [2.24, 2.45) is 0 Å². The van der Waals surface area contributed by atoms with E-state index in [1.165, 1.54) is 0 Å². The summed E-state index contributed by atoms with van der Waals surface area (Å²) in [6.45, 7) is 25.9. The zero-order valence-corrected chi connectivity index (χ0v) is 30.3. The molecule has 0 spiro atoms. The van der Waals surface area contributed by atoms with Gasteiger partial charge in [-0.15, -0.1) is 0 Å². The van der Waals surface area contributed by atoms with E-state index >= 15 is 0 Å². The van der Waals surface area contributed by atoms with Gasteiger partial charge in [-0.25, -0.2) is 9.78 Å². The molecule has 1 amide bonds. The van der Waals surface area contributed by atoms with Crippen LogP contribution >= 0.6 is 0 Å². The molecular weight excluding hydrogens is 571 g/mol. The second-order valence-electron chi connectivity index (χ2n) is 15.7. The minimum atomic E-state index is -1.93. The number of rotatable bonds is 9. The Balaban J connectivity index is 1.66. The maximum atomic E-state index is 13.2. The van der Waals surface area contributed by atoms with Crippen LogP contribution in [0.3, 0.4) is 0 Å². The Hall–Kier alpha value is -2.63. The van der Waals surface area contributed by atoms with Crippen molar-refractivity contribution in [1.82, 2.24) is 14.5 Å². The molecule has 7 nitrogen and oxygen atoms in total. The molecule has 0 unspecified atom stereocenters. The number of carbonyl (C=O) groups excluding carboxylic acids is 1. The number of aromatic nitrogens is 2. The Kier molecular flexibility index (Phi) is 9.60. The Morgan fingerprint density at radius 3 is 2.30 bits per heavy atom. The SMILES string of the molecule is CC(C)(C)OC(=O)N1CCC[C@H]1c1ncc(-c2ccc3cc(O[Si](C)(C)C(C)(C)C)ccc3c2)n1COCC[Si](C)(C)C. The molecule has 9 heteroatoms. The van der Waals surface area contributed by atoms with Gasteiger partial charge in [-0.1, -0.05) is 58.6 Å². The number of hydrogen-bond acceptors (Lipinski definition) is 5. The highest BCUT2D eigenvalue weighted by Crippen LogP contribution is 2.39. The van der Waals surface area contributed by atoms with Gasteiger partial charge in [0.15, 0.2) is 0 Å². The molecule has 0 radical (unpaired) electrons. The molecule has 1 aromatic heterocycles. The summed E-state index contributed by atoms with van der Waals surface area (Å²) in [6, 6.07) is 13.9. The maximum absolute atomic E-state index is 13.2. The molecule has 2 aromatic carbocycles. The molecule has 236 valence electrons. The predicted molar refractivity (Wildman–Crippen MR) is 182 cm³/mol. The topological polar surface area (TPSA) is 65.8 Å². The normalized spacial score (nSPS) is 16.6. The van der Waals surface area contributed by atoms with Crippen molar-refractivity contribution in [1.29, 1.82) is 0 Å². The highest BCUT2D eigenvalue weighted by Gasteiger charge is 2.39. The van der Waals surface area contributed by atoms with Gasteiger partial charge < -0.3 is 18.5 Å². The first-order valence-electron chi connectivity index (χ1n) is 15.7. The van der Waals surface area contributed by atoms with Gasteiger partial charge in [0.2, 0.25) is 8.32 Å². The fraction of sp³-hybridized carbons (Fsp3) is 0.588. The monoisotopic (exact) mass is 623 g/mol. The maximum Gasteiger partial charge on any atom is 0.410 e. The third-order valence-electron chi connectivity index (χ3n) is 8.57. The van der Waals surface area contributed by atoms with Crippen LogP contribution in [0, 0.1) is 0 Å². The Bertz CT molecular complexity index is 1430. The summed E-state index contributed by atoms with van der Waals surface area (Å²) in [7, 11) is -3.16. The zero-order chi connectivity index (χ0) is 31.8. The van der Waals surface area contributed by atoms with E-state index in [2.05, 4.69) is 94.5 Å². The molecule has 1 saturated heterocycles. The number of carbonyl (C=O) groups is 1. The second kappa shape index (κ2) is 12.4. The predicted octanol–water partition coefficient (Wildman–Crippen LogP) is 9.47. The van der Waals surface area contributed by atoms with E-state index in [0.29, 0.717) is 19.9 Å². The fourth-order valence-electron chi connectivity index (χ4n) is 5.02. The van der Waals surface area contributed by atoms with Gasteiger partial charge in [0, 0.05) is 26.8 Å². The largest absolute Gasteiger partial charge is 0.543 e. The Morgan fingerprint density at radius 1 is 0.977 bits per heavy atom. The Morgan fingerprint density at radius 2 is 1.65 bits per heavy atom. The Labute approximate surface area is 261 Å². The van der Waals surface area contributed by atoms with Crippen LogP contribution in [0.2, 0.25) is 43.8 Å².